The van der Waals surface area contributed by atoms with Gasteiger partial charge < -0.3 is 10.8 Å². The molecule has 1 rings (SSSR count). The lowest BCUT2D eigenvalue weighted by molar-refractivity contribution is -0.151. The molecule has 0 radical (unpaired) electrons. The van der Waals surface area contributed by atoms with E-state index in [-0.39, 0.29) is 19.7 Å². The summed E-state index contributed by atoms with van der Waals surface area (Å²) in [7, 11) is 0. The molecular formula is C12H16BrF3N2O. The van der Waals surface area contributed by atoms with E-state index in [9.17, 15) is 13.2 Å². The molecule has 0 bridgehead atoms. The largest absolute Gasteiger partial charge is 0.401 e. The molecule has 3 nitrogen and oxygen atoms in total. The van der Waals surface area contributed by atoms with Crippen LogP contribution < -0.4 is 5.73 Å². The van der Waals surface area contributed by atoms with E-state index in [0.29, 0.717) is 10.0 Å². The van der Waals surface area contributed by atoms with Crippen molar-refractivity contribution < 1.29 is 18.3 Å². The van der Waals surface area contributed by atoms with E-state index in [1.807, 2.05) is 0 Å². The van der Waals surface area contributed by atoms with Crippen LogP contribution in [0.5, 0.6) is 0 Å². The number of benzene rings is 1. The number of nitrogens with zero attached hydrogens (tertiary/aromatic N) is 1. The van der Waals surface area contributed by atoms with Crippen molar-refractivity contribution in [2.45, 2.75) is 12.2 Å². The first-order chi connectivity index (χ1) is 8.89. The second kappa shape index (κ2) is 7.23. The Labute approximate surface area is 118 Å². The highest BCUT2D eigenvalue weighted by Crippen LogP contribution is 2.29. The zero-order chi connectivity index (χ0) is 14.5. The first-order valence-electron chi connectivity index (χ1n) is 5.75. The second-order valence-electron chi connectivity index (χ2n) is 4.08. The van der Waals surface area contributed by atoms with Crippen LogP contribution in [0.2, 0.25) is 0 Å². The predicted octanol–water partition coefficient (Wildman–Crippen LogP) is 2.31. The van der Waals surface area contributed by atoms with Crippen molar-refractivity contribution in [1.82, 2.24) is 4.90 Å². The van der Waals surface area contributed by atoms with Crippen molar-refractivity contribution in [2.24, 2.45) is 5.73 Å². The van der Waals surface area contributed by atoms with Crippen molar-refractivity contribution in [3.05, 3.63) is 34.3 Å². The molecule has 0 aliphatic carbocycles. The monoisotopic (exact) mass is 340 g/mol. The molecule has 0 aromatic heterocycles. The van der Waals surface area contributed by atoms with Crippen molar-refractivity contribution in [3.8, 4) is 0 Å². The molecule has 0 amide bonds. The SMILES string of the molecule is NCC(c1ccccc1Br)N(CCO)CC(F)(F)F. The van der Waals surface area contributed by atoms with Gasteiger partial charge in [-0.1, -0.05) is 34.1 Å². The summed E-state index contributed by atoms with van der Waals surface area (Å²) in [4.78, 5) is 1.14. The van der Waals surface area contributed by atoms with Crippen LogP contribution in [0.15, 0.2) is 28.7 Å². The van der Waals surface area contributed by atoms with E-state index >= 15 is 0 Å². The number of hydrogen-bond acceptors (Lipinski definition) is 3. The minimum atomic E-state index is -4.33. The Kier molecular flexibility index (Phi) is 6.25. The first-order valence-corrected chi connectivity index (χ1v) is 6.54. The number of aliphatic hydroxyl groups excluding tert-OH is 1. The van der Waals surface area contributed by atoms with E-state index in [1.54, 1.807) is 24.3 Å². The summed E-state index contributed by atoms with van der Waals surface area (Å²) in [5.41, 5.74) is 6.30. The van der Waals surface area contributed by atoms with Gasteiger partial charge in [-0.2, -0.15) is 13.2 Å². The van der Waals surface area contributed by atoms with E-state index in [2.05, 4.69) is 15.9 Å². The summed E-state index contributed by atoms with van der Waals surface area (Å²) >= 11 is 3.31. The number of rotatable bonds is 6. The third-order valence-corrected chi connectivity index (χ3v) is 3.42. The van der Waals surface area contributed by atoms with Gasteiger partial charge in [0.05, 0.1) is 13.2 Å². The highest BCUT2D eigenvalue weighted by molar-refractivity contribution is 9.10. The lowest BCUT2D eigenvalue weighted by Gasteiger charge is -2.31. The standard InChI is InChI=1S/C12H16BrF3N2O/c13-10-4-2-1-3-9(10)11(7-17)18(5-6-19)8-12(14,15)16/h1-4,11,19H,5-8,17H2. The van der Waals surface area contributed by atoms with Crippen LogP contribution in [-0.4, -0.2) is 42.4 Å². The van der Waals surface area contributed by atoms with Gasteiger partial charge in [-0.3, -0.25) is 4.90 Å². The van der Waals surface area contributed by atoms with Gasteiger partial charge in [0.25, 0.3) is 0 Å². The summed E-state index contributed by atoms with van der Waals surface area (Å²) in [5.74, 6) is 0. The molecular weight excluding hydrogens is 325 g/mol. The van der Waals surface area contributed by atoms with Gasteiger partial charge in [-0.05, 0) is 11.6 Å². The maximum Gasteiger partial charge on any atom is 0.401 e. The molecule has 1 aromatic carbocycles. The Balaban J connectivity index is 3.00. The molecule has 3 N–H and O–H groups in total. The van der Waals surface area contributed by atoms with Crippen LogP contribution in [0, 0.1) is 0 Å². The highest BCUT2D eigenvalue weighted by atomic mass is 79.9. The minimum absolute atomic E-state index is 0.0404. The van der Waals surface area contributed by atoms with Crippen LogP contribution >= 0.6 is 15.9 Å². The quantitative estimate of drug-likeness (QED) is 0.835. The molecule has 1 atom stereocenters. The van der Waals surface area contributed by atoms with Crippen LogP contribution in [0.4, 0.5) is 13.2 Å². The van der Waals surface area contributed by atoms with Gasteiger partial charge >= 0.3 is 6.18 Å². The molecule has 0 spiro atoms. The molecule has 1 aromatic rings. The van der Waals surface area contributed by atoms with Gasteiger partial charge in [-0.25, -0.2) is 0 Å². The van der Waals surface area contributed by atoms with Gasteiger partial charge in [0.15, 0.2) is 0 Å². The summed E-state index contributed by atoms with van der Waals surface area (Å²) in [5, 5.41) is 8.93. The van der Waals surface area contributed by atoms with Gasteiger partial charge in [0, 0.05) is 23.6 Å². The molecule has 0 heterocycles. The Morgan fingerprint density at radius 1 is 1.32 bits per heavy atom. The maximum atomic E-state index is 12.6. The Bertz CT molecular complexity index is 401. The number of alkyl halides is 3. The number of hydrogen-bond donors (Lipinski definition) is 2. The fraction of sp³-hybridized carbons (Fsp3) is 0.500. The molecule has 0 aliphatic rings. The van der Waals surface area contributed by atoms with Crippen LogP contribution in [-0.2, 0) is 0 Å². The summed E-state index contributed by atoms with van der Waals surface area (Å²) < 4.78 is 38.4. The molecule has 108 valence electrons. The molecule has 7 heteroatoms. The zero-order valence-electron chi connectivity index (χ0n) is 10.2. The topological polar surface area (TPSA) is 49.5 Å². The third kappa shape index (κ3) is 5.10. The molecule has 19 heavy (non-hydrogen) atoms. The van der Waals surface area contributed by atoms with Gasteiger partial charge in [0.1, 0.15) is 0 Å². The Hall–Kier alpha value is -0.630. The summed E-state index contributed by atoms with van der Waals surface area (Å²) in [6.07, 6.45) is -4.33. The first kappa shape index (κ1) is 16.4. The van der Waals surface area contributed by atoms with Crippen molar-refractivity contribution >= 4 is 15.9 Å². The molecule has 0 fully saturated rings. The normalized spacial score (nSPS) is 13.8. The predicted molar refractivity (Wildman–Crippen MR) is 70.7 cm³/mol. The highest BCUT2D eigenvalue weighted by Gasteiger charge is 2.34. The lowest BCUT2D eigenvalue weighted by atomic mass is 10.1. The van der Waals surface area contributed by atoms with Crippen LogP contribution in [0.25, 0.3) is 0 Å². The van der Waals surface area contributed by atoms with E-state index in [0.717, 1.165) is 4.90 Å². The lowest BCUT2D eigenvalue weighted by Crippen LogP contribution is -2.41. The summed E-state index contributed by atoms with van der Waals surface area (Å²) in [6.45, 7) is -1.49. The third-order valence-electron chi connectivity index (χ3n) is 2.70. The molecule has 0 aliphatic heterocycles. The fourth-order valence-corrected chi connectivity index (χ4v) is 2.47. The molecule has 0 saturated carbocycles. The van der Waals surface area contributed by atoms with Crippen molar-refractivity contribution in [1.29, 1.82) is 0 Å². The van der Waals surface area contributed by atoms with Crippen molar-refractivity contribution in [3.63, 3.8) is 0 Å². The van der Waals surface area contributed by atoms with E-state index in [1.165, 1.54) is 0 Å². The van der Waals surface area contributed by atoms with Crippen LogP contribution in [0.1, 0.15) is 11.6 Å². The number of halogens is 4. The maximum absolute atomic E-state index is 12.6. The van der Waals surface area contributed by atoms with Crippen molar-refractivity contribution in [2.75, 3.05) is 26.2 Å². The van der Waals surface area contributed by atoms with E-state index < -0.39 is 18.8 Å². The van der Waals surface area contributed by atoms with Crippen LogP contribution in [0.3, 0.4) is 0 Å². The van der Waals surface area contributed by atoms with Gasteiger partial charge in [-0.15, -0.1) is 0 Å². The molecule has 1 unspecified atom stereocenters. The Morgan fingerprint density at radius 3 is 2.42 bits per heavy atom. The smallest absolute Gasteiger partial charge is 0.395 e. The number of nitrogens with two attached hydrogens (primary N) is 1. The Morgan fingerprint density at radius 2 is 1.95 bits per heavy atom. The number of aliphatic hydroxyl groups is 1. The zero-order valence-corrected chi connectivity index (χ0v) is 11.8. The van der Waals surface area contributed by atoms with E-state index in [4.69, 9.17) is 10.8 Å². The molecule has 0 saturated heterocycles. The second-order valence-corrected chi connectivity index (χ2v) is 4.94. The average Bonchev–Trinajstić information content (AvgIpc) is 2.30. The van der Waals surface area contributed by atoms with Gasteiger partial charge in [0.2, 0.25) is 0 Å². The minimum Gasteiger partial charge on any atom is -0.395 e. The summed E-state index contributed by atoms with van der Waals surface area (Å²) in [6, 6.07) is 6.41. The fourth-order valence-electron chi connectivity index (χ4n) is 1.92. The average molecular weight is 341 g/mol.